The fourth-order valence-corrected chi connectivity index (χ4v) is 11.4. The highest BCUT2D eigenvalue weighted by Gasteiger charge is 2.64. The predicted molar refractivity (Wildman–Crippen MR) is 192 cm³/mol. The standard InChI is InChI=1S/C39H62.C2H6.CH4.H2/c1-9-17-30(10-2)18-15-16-19-31(11-3)33-20-21-34-32-22-25-38(13-5)28-26-36(7,12-4)27-29-39(38,14-6)35(32)23-24-37(33,34)8;1-2;;/h10-11,18,32-35H,2,12-16,19-29H2,1,3-8H3;1-2H3;1H4;1H/b30-18+,31-11+;;;/t32?,33-,34+,35?,36+,37-,38?,39-;;;/m1.../s1. The third kappa shape index (κ3) is 6.57. The number of fused-ring (bicyclic) bond motifs is 5. The molecule has 4 rings (SSSR count). The van der Waals surface area contributed by atoms with Gasteiger partial charge in [-0.1, -0.05) is 98.6 Å². The molecule has 0 heterocycles. The zero-order valence-corrected chi connectivity index (χ0v) is 29.1. The van der Waals surface area contributed by atoms with Crippen molar-refractivity contribution in [2.24, 2.45) is 45.3 Å². The molecule has 4 fully saturated rings. The summed E-state index contributed by atoms with van der Waals surface area (Å²) in [4.78, 5) is 0. The fourth-order valence-electron chi connectivity index (χ4n) is 11.4. The first-order valence-electron chi connectivity index (χ1n) is 18.1. The average molecular weight is 579 g/mol. The monoisotopic (exact) mass is 579 g/mol. The number of hydrogen-bond acceptors (Lipinski definition) is 0. The quantitative estimate of drug-likeness (QED) is 0.110. The molecule has 4 saturated carbocycles. The molecule has 0 aromatic rings. The third-order valence-corrected chi connectivity index (χ3v) is 14.0. The molecule has 4 aliphatic carbocycles. The van der Waals surface area contributed by atoms with E-state index in [1.54, 1.807) is 5.57 Å². The van der Waals surface area contributed by atoms with Crippen LogP contribution >= 0.6 is 0 Å². The lowest BCUT2D eigenvalue weighted by atomic mass is 9.40. The van der Waals surface area contributed by atoms with Crippen molar-refractivity contribution < 1.29 is 1.43 Å². The van der Waals surface area contributed by atoms with Crippen molar-refractivity contribution >= 4 is 0 Å². The zero-order chi connectivity index (χ0) is 30.3. The van der Waals surface area contributed by atoms with Gasteiger partial charge in [-0.2, -0.15) is 0 Å². The van der Waals surface area contributed by atoms with Gasteiger partial charge in [-0.15, -0.1) is 5.92 Å². The predicted octanol–water partition coefficient (Wildman–Crippen LogP) is 13.8. The molecule has 0 amide bonds. The summed E-state index contributed by atoms with van der Waals surface area (Å²) in [5.74, 6) is 9.91. The Morgan fingerprint density at radius 1 is 0.881 bits per heavy atom. The van der Waals surface area contributed by atoms with Gasteiger partial charge in [0.05, 0.1) is 0 Å². The maximum Gasteiger partial charge on any atom is 0.0199 e. The van der Waals surface area contributed by atoms with Gasteiger partial charge in [-0.05, 0) is 155 Å². The number of allylic oxidation sites excluding steroid dienone is 5. The SMILES string of the molecule is C.C=C/C(C#CC)=C\CCC/C(=C\C)[C@H]1CC[C@H]2C3CCC4(CC)CC[C@](C)(CC)CC[C@]4(CC)C3CC[C@]12C.CC.[HH]. The van der Waals surface area contributed by atoms with Crippen LogP contribution in [0.4, 0.5) is 0 Å². The van der Waals surface area contributed by atoms with Crippen LogP contribution in [0.1, 0.15) is 174 Å². The maximum atomic E-state index is 3.94. The van der Waals surface area contributed by atoms with Gasteiger partial charge in [0.2, 0.25) is 0 Å². The summed E-state index contributed by atoms with van der Waals surface area (Å²) >= 11 is 0. The zero-order valence-electron chi connectivity index (χ0n) is 29.1. The average Bonchev–Trinajstić information content (AvgIpc) is 3.29. The first kappa shape index (κ1) is 37.0. The molecule has 8 atom stereocenters. The number of hydrogen-bond donors (Lipinski definition) is 0. The van der Waals surface area contributed by atoms with E-state index in [2.05, 4.69) is 72.1 Å². The van der Waals surface area contributed by atoms with Crippen LogP contribution in [0.2, 0.25) is 0 Å². The smallest absolute Gasteiger partial charge is 0.0199 e. The maximum absolute atomic E-state index is 3.94. The molecule has 0 radical (unpaired) electrons. The van der Waals surface area contributed by atoms with Crippen LogP contribution in [0.5, 0.6) is 0 Å². The second kappa shape index (κ2) is 15.7. The Labute approximate surface area is 266 Å². The second-order valence-corrected chi connectivity index (χ2v) is 14.9. The summed E-state index contributed by atoms with van der Waals surface area (Å²) in [6.07, 6.45) is 29.4. The van der Waals surface area contributed by atoms with E-state index in [0.717, 1.165) is 35.7 Å². The van der Waals surface area contributed by atoms with Crippen molar-refractivity contribution in [1.29, 1.82) is 0 Å². The molecule has 242 valence electrons. The molecular weight excluding hydrogens is 504 g/mol. The van der Waals surface area contributed by atoms with Crippen LogP contribution < -0.4 is 0 Å². The van der Waals surface area contributed by atoms with Crippen LogP contribution in [0.25, 0.3) is 0 Å². The molecule has 0 nitrogen and oxygen atoms in total. The first-order chi connectivity index (χ1) is 19.7. The van der Waals surface area contributed by atoms with E-state index in [9.17, 15) is 0 Å². The molecule has 0 heteroatoms. The molecule has 0 spiro atoms. The minimum Gasteiger partial charge on any atom is -0.101 e. The molecule has 42 heavy (non-hydrogen) atoms. The Hall–Kier alpha value is -1.22. The van der Waals surface area contributed by atoms with E-state index in [-0.39, 0.29) is 8.85 Å². The molecule has 0 aromatic carbocycles. The number of unbranched alkanes of at least 4 members (excludes halogenated alkanes) is 1. The summed E-state index contributed by atoms with van der Waals surface area (Å²) in [5, 5.41) is 0. The van der Waals surface area contributed by atoms with Crippen LogP contribution in [0, 0.1) is 57.2 Å². The topological polar surface area (TPSA) is 0 Å². The van der Waals surface area contributed by atoms with Gasteiger partial charge in [-0.3, -0.25) is 0 Å². The van der Waals surface area contributed by atoms with Crippen molar-refractivity contribution in [2.45, 2.75) is 172 Å². The van der Waals surface area contributed by atoms with Crippen LogP contribution in [0.3, 0.4) is 0 Å². The van der Waals surface area contributed by atoms with E-state index in [0.29, 0.717) is 21.7 Å². The molecule has 0 aromatic heterocycles. The van der Waals surface area contributed by atoms with Gasteiger partial charge < -0.3 is 0 Å². The van der Waals surface area contributed by atoms with Crippen molar-refractivity contribution in [2.75, 3.05) is 0 Å². The molecule has 4 aliphatic rings. The van der Waals surface area contributed by atoms with Crippen LogP contribution in [-0.2, 0) is 0 Å². The number of rotatable bonds is 9. The largest absolute Gasteiger partial charge is 0.101 e. The first-order valence-corrected chi connectivity index (χ1v) is 18.1. The Morgan fingerprint density at radius 2 is 1.60 bits per heavy atom. The highest BCUT2D eigenvalue weighted by atomic mass is 14.7. The summed E-state index contributed by atoms with van der Waals surface area (Å²) in [6.45, 7) is 25.2. The second-order valence-electron chi connectivity index (χ2n) is 14.9. The van der Waals surface area contributed by atoms with Gasteiger partial charge in [0.1, 0.15) is 0 Å². The van der Waals surface area contributed by atoms with E-state index in [1.165, 1.54) is 96.3 Å². The fraction of sp³-hybridized carbons (Fsp3) is 0.810. The van der Waals surface area contributed by atoms with Gasteiger partial charge >= 0.3 is 0 Å². The Balaban J connectivity index is 0.00000226. The van der Waals surface area contributed by atoms with Crippen LogP contribution in [-0.4, -0.2) is 0 Å². The molecule has 0 bridgehead atoms. The van der Waals surface area contributed by atoms with Gasteiger partial charge in [0, 0.05) is 7.00 Å². The highest BCUT2D eigenvalue weighted by Crippen LogP contribution is 2.73. The van der Waals surface area contributed by atoms with Crippen molar-refractivity contribution in [3.8, 4) is 11.8 Å². The van der Waals surface area contributed by atoms with Gasteiger partial charge in [0.25, 0.3) is 0 Å². The summed E-state index contributed by atoms with van der Waals surface area (Å²) in [7, 11) is 0. The van der Waals surface area contributed by atoms with Gasteiger partial charge in [-0.25, -0.2) is 0 Å². The Morgan fingerprint density at radius 3 is 2.19 bits per heavy atom. The van der Waals surface area contributed by atoms with Gasteiger partial charge in [0.15, 0.2) is 0 Å². The van der Waals surface area contributed by atoms with E-state index >= 15 is 0 Å². The van der Waals surface area contributed by atoms with E-state index in [1.807, 2.05) is 26.8 Å². The molecular formula is C42H74. The Bertz CT molecular complexity index is 990. The van der Waals surface area contributed by atoms with E-state index in [4.69, 9.17) is 0 Å². The summed E-state index contributed by atoms with van der Waals surface area (Å²) in [5.41, 5.74) is 5.15. The molecule has 3 unspecified atom stereocenters. The lowest BCUT2D eigenvalue weighted by Crippen LogP contribution is -2.57. The van der Waals surface area contributed by atoms with Crippen molar-refractivity contribution in [3.63, 3.8) is 0 Å². The summed E-state index contributed by atoms with van der Waals surface area (Å²) < 4.78 is 0. The third-order valence-electron chi connectivity index (χ3n) is 14.0. The molecule has 0 N–H and O–H groups in total. The highest BCUT2D eigenvalue weighted by molar-refractivity contribution is 5.36. The molecule has 0 saturated heterocycles. The van der Waals surface area contributed by atoms with Crippen LogP contribution in [0.15, 0.2) is 36.0 Å². The lowest BCUT2D eigenvalue weighted by molar-refractivity contribution is -0.155. The van der Waals surface area contributed by atoms with Crippen molar-refractivity contribution in [3.05, 3.63) is 36.0 Å². The summed E-state index contributed by atoms with van der Waals surface area (Å²) in [6, 6.07) is 0. The Kier molecular flexibility index (Phi) is 13.8. The lowest BCUT2D eigenvalue weighted by Gasteiger charge is -2.65. The van der Waals surface area contributed by atoms with E-state index < -0.39 is 0 Å². The minimum absolute atomic E-state index is 0. The minimum atomic E-state index is 0. The van der Waals surface area contributed by atoms with Crippen molar-refractivity contribution in [1.82, 2.24) is 0 Å². The molecule has 0 aliphatic heterocycles. The normalized spacial score (nSPS) is 39.5.